The third kappa shape index (κ3) is 2.02. The summed E-state index contributed by atoms with van der Waals surface area (Å²) in [5.74, 6) is -2.14. The zero-order valence-corrected chi connectivity index (χ0v) is 6.82. The molecule has 0 aliphatic rings. The van der Waals surface area contributed by atoms with Gasteiger partial charge in [0.1, 0.15) is 0 Å². The Hall–Kier alpha value is -1.90. The molecule has 0 atom stereocenters. The summed E-state index contributed by atoms with van der Waals surface area (Å²) < 4.78 is 0. The van der Waals surface area contributed by atoms with Crippen molar-refractivity contribution < 1.29 is 14.7 Å². The molecule has 3 nitrogen and oxygen atoms in total. The predicted octanol–water partition coefficient (Wildman–Crippen LogP) is 0.175. The van der Waals surface area contributed by atoms with Gasteiger partial charge in [-0.15, -0.1) is 0 Å². The van der Waals surface area contributed by atoms with E-state index in [4.69, 9.17) is 0 Å². The Kier molecular flexibility index (Phi) is 2.59. The van der Waals surface area contributed by atoms with Crippen LogP contribution in [0.3, 0.4) is 0 Å². The van der Waals surface area contributed by atoms with E-state index in [-0.39, 0.29) is 0 Å². The lowest BCUT2D eigenvalue weighted by molar-refractivity contribution is -0.298. The number of carboxylic acid groups (broad SMARTS) is 1. The first-order chi connectivity index (χ1) is 6.13. The molecule has 0 radical (unpaired) electrons. The van der Waals surface area contributed by atoms with Gasteiger partial charge in [-0.2, -0.15) is 0 Å². The number of carboxylic acids is 1. The Morgan fingerprint density at radius 1 is 1.15 bits per heavy atom. The van der Waals surface area contributed by atoms with Crippen molar-refractivity contribution in [1.29, 1.82) is 0 Å². The van der Waals surface area contributed by atoms with Crippen LogP contribution < -0.4 is 5.11 Å². The van der Waals surface area contributed by atoms with E-state index in [0.29, 0.717) is 5.56 Å². The van der Waals surface area contributed by atoms with Crippen LogP contribution in [-0.4, -0.2) is 11.8 Å². The second-order valence-corrected chi connectivity index (χ2v) is 2.46. The molecule has 0 N–H and O–H groups in total. The fraction of sp³-hybridized carbons (Fsp3) is 0. The third-order valence-electron chi connectivity index (χ3n) is 1.56. The lowest BCUT2D eigenvalue weighted by Gasteiger charge is -2.04. The summed E-state index contributed by atoms with van der Waals surface area (Å²) in [5.41, 5.74) is -0.220. The minimum absolute atomic E-state index is 0.303. The molecule has 0 saturated carbocycles. The normalized spacial score (nSPS) is 9.23. The molecule has 1 aromatic carbocycles. The van der Waals surface area contributed by atoms with E-state index >= 15 is 0 Å². The summed E-state index contributed by atoms with van der Waals surface area (Å²) in [5, 5.41) is 10.3. The van der Waals surface area contributed by atoms with Crippen LogP contribution in [0.1, 0.15) is 10.4 Å². The van der Waals surface area contributed by atoms with Crippen LogP contribution in [0, 0.1) is 0 Å². The molecule has 0 saturated heterocycles. The van der Waals surface area contributed by atoms with E-state index in [2.05, 4.69) is 6.58 Å². The van der Waals surface area contributed by atoms with E-state index in [9.17, 15) is 14.7 Å². The fourth-order valence-corrected chi connectivity index (χ4v) is 0.856. The number of rotatable bonds is 3. The van der Waals surface area contributed by atoms with Crippen molar-refractivity contribution in [2.24, 2.45) is 0 Å². The molecule has 0 bridgehead atoms. The molecule has 0 heterocycles. The number of ketones is 1. The molecule has 0 amide bonds. The third-order valence-corrected chi connectivity index (χ3v) is 1.56. The largest absolute Gasteiger partial charge is 0.545 e. The average Bonchev–Trinajstić information content (AvgIpc) is 2.17. The average molecular weight is 175 g/mol. The van der Waals surface area contributed by atoms with Gasteiger partial charge in [-0.1, -0.05) is 36.9 Å². The van der Waals surface area contributed by atoms with E-state index < -0.39 is 17.3 Å². The summed E-state index contributed by atoms with van der Waals surface area (Å²) in [6.45, 7) is 3.12. The lowest BCUT2D eigenvalue weighted by Crippen LogP contribution is -2.28. The van der Waals surface area contributed by atoms with Crippen molar-refractivity contribution >= 4 is 11.8 Å². The molecule has 0 aliphatic carbocycles. The second kappa shape index (κ2) is 3.67. The topological polar surface area (TPSA) is 57.2 Å². The summed E-state index contributed by atoms with van der Waals surface area (Å²) >= 11 is 0. The molecule has 0 aromatic heterocycles. The molecule has 13 heavy (non-hydrogen) atoms. The second-order valence-electron chi connectivity index (χ2n) is 2.46. The van der Waals surface area contributed by atoms with Gasteiger partial charge in [0.15, 0.2) is 5.78 Å². The summed E-state index contributed by atoms with van der Waals surface area (Å²) in [6, 6.07) is 8.08. The van der Waals surface area contributed by atoms with E-state index in [1.54, 1.807) is 18.2 Å². The van der Waals surface area contributed by atoms with Crippen molar-refractivity contribution in [2.75, 3.05) is 0 Å². The van der Waals surface area contributed by atoms with Crippen molar-refractivity contribution in [3.05, 3.63) is 48.0 Å². The van der Waals surface area contributed by atoms with Gasteiger partial charge < -0.3 is 9.90 Å². The van der Waals surface area contributed by atoms with Crippen LogP contribution in [0.5, 0.6) is 0 Å². The highest BCUT2D eigenvalue weighted by Crippen LogP contribution is 2.05. The number of Topliss-reactive ketones (excluding diaryl/α,β-unsaturated/α-hetero) is 1. The molecule has 0 unspecified atom stereocenters. The van der Waals surface area contributed by atoms with Crippen LogP contribution in [0.15, 0.2) is 42.5 Å². The van der Waals surface area contributed by atoms with Gasteiger partial charge in [-0.3, -0.25) is 4.79 Å². The zero-order chi connectivity index (χ0) is 9.84. The molecule has 0 aliphatic heterocycles. The van der Waals surface area contributed by atoms with Crippen LogP contribution in [0.25, 0.3) is 0 Å². The SMILES string of the molecule is C=C(C(=O)[O-])C(=O)c1ccccc1. The monoisotopic (exact) mass is 175 g/mol. The Bertz CT molecular complexity index is 352. The van der Waals surface area contributed by atoms with E-state index in [0.717, 1.165) is 0 Å². The van der Waals surface area contributed by atoms with E-state index in [1.165, 1.54) is 12.1 Å². The van der Waals surface area contributed by atoms with Crippen molar-refractivity contribution in [3.63, 3.8) is 0 Å². The van der Waals surface area contributed by atoms with Gasteiger partial charge >= 0.3 is 0 Å². The number of carbonyl (C=O) groups excluding carboxylic acids is 2. The smallest absolute Gasteiger partial charge is 0.194 e. The first kappa shape index (κ1) is 9.19. The number of hydrogen-bond acceptors (Lipinski definition) is 3. The van der Waals surface area contributed by atoms with Gasteiger partial charge in [-0.05, 0) is 0 Å². The standard InChI is InChI=1S/C10H8O3/c1-7(10(12)13)9(11)8-5-3-2-4-6-8/h2-6H,1H2,(H,12,13)/p-1. The first-order valence-electron chi connectivity index (χ1n) is 3.63. The highest BCUT2D eigenvalue weighted by atomic mass is 16.4. The van der Waals surface area contributed by atoms with Crippen molar-refractivity contribution in [3.8, 4) is 0 Å². The Morgan fingerprint density at radius 3 is 2.15 bits per heavy atom. The van der Waals surface area contributed by atoms with Crippen LogP contribution in [-0.2, 0) is 4.79 Å². The first-order valence-corrected chi connectivity index (χ1v) is 3.63. The maximum absolute atomic E-state index is 11.3. The van der Waals surface area contributed by atoms with Crippen molar-refractivity contribution in [2.45, 2.75) is 0 Å². The van der Waals surface area contributed by atoms with Gasteiger partial charge in [-0.25, -0.2) is 0 Å². The Balaban J connectivity index is 2.93. The van der Waals surface area contributed by atoms with Crippen molar-refractivity contribution in [1.82, 2.24) is 0 Å². The number of aliphatic carboxylic acids is 1. The van der Waals surface area contributed by atoms with Gasteiger partial charge in [0.25, 0.3) is 0 Å². The van der Waals surface area contributed by atoms with Gasteiger partial charge in [0.2, 0.25) is 0 Å². The Morgan fingerprint density at radius 2 is 1.69 bits per heavy atom. The summed E-state index contributed by atoms with van der Waals surface area (Å²) in [6.07, 6.45) is 0. The zero-order valence-electron chi connectivity index (χ0n) is 6.82. The number of hydrogen-bond donors (Lipinski definition) is 0. The molecule has 0 spiro atoms. The fourth-order valence-electron chi connectivity index (χ4n) is 0.856. The molecule has 66 valence electrons. The summed E-state index contributed by atoms with van der Waals surface area (Å²) in [4.78, 5) is 21.5. The Labute approximate surface area is 75.3 Å². The molecular formula is C10H7O3-. The maximum atomic E-state index is 11.3. The predicted molar refractivity (Wildman–Crippen MR) is 44.9 cm³/mol. The maximum Gasteiger partial charge on any atom is 0.194 e. The molecule has 1 aromatic rings. The lowest BCUT2D eigenvalue weighted by atomic mass is 10.1. The minimum atomic E-state index is -1.53. The van der Waals surface area contributed by atoms with E-state index in [1.807, 2.05) is 0 Å². The highest BCUT2D eigenvalue weighted by Gasteiger charge is 2.09. The number of carbonyl (C=O) groups is 2. The molecule has 3 heteroatoms. The van der Waals surface area contributed by atoms with Crippen LogP contribution in [0.2, 0.25) is 0 Å². The quantitative estimate of drug-likeness (QED) is 0.285. The molecule has 0 fully saturated rings. The van der Waals surface area contributed by atoms with Crippen LogP contribution >= 0.6 is 0 Å². The van der Waals surface area contributed by atoms with Crippen LogP contribution in [0.4, 0.5) is 0 Å². The minimum Gasteiger partial charge on any atom is -0.545 e. The number of benzene rings is 1. The highest BCUT2D eigenvalue weighted by molar-refractivity contribution is 6.22. The van der Waals surface area contributed by atoms with Gasteiger partial charge in [0.05, 0.1) is 5.97 Å². The van der Waals surface area contributed by atoms with Gasteiger partial charge in [0, 0.05) is 11.1 Å². The molecular weight excluding hydrogens is 168 g/mol. The summed E-state index contributed by atoms with van der Waals surface area (Å²) in [7, 11) is 0. The molecule has 1 rings (SSSR count).